The first-order valence-electron chi connectivity index (χ1n) is 8.61. The molecule has 0 saturated carbocycles. The molecule has 0 fully saturated rings. The number of amides is 1. The van der Waals surface area contributed by atoms with Crippen LogP contribution in [0.15, 0.2) is 30.5 Å². The Hall–Kier alpha value is -2.23. The molecule has 0 bridgehead atoms. The maximum atomic E-state index is 12.7. The van der Waals surface area contributed by atoms with E-state index in [1.165, 1.54) is 17.8 Å². The number of aromatic nitrogens is 4. The van der Waals surface area contributed by atoms with E-state index in [0.29, 0.717) is 22.3 Å². The van der Waals surface area contributed by atoms with Gasteiger partial charge in [0.2, 0.25) is 5.91 Å². The number of alkyl halides is 3. The summed E-state index contributed by atoms with van der Waals surface area (Å²) >= 11 is 18.1. The van der Waals surface area contributed by atoms with Crippen molar-refractivity contribution in [2.45, 2.75) is 32.6 Å². The summed E-state index contributed by atoms with van der Waals surface area (Å²) in [6.07, 6.45) is -3.12. The van der Waals surface area contributed by atoms with Crippen LogP contribution in [-0.2, 0) is 24.1 Å². The second kappa shape index (κ2) is 8.87. The number of halogens is 6. The molecule has 2 heterocycles. The van der Waals surface area contributed by atoms with Crippen molar-refractivity contribution in [1.29, 1.82) is 0 Å². The van der Waals surface area contributed by atoms with Crippen molar-refractivity contribution in [1.82, 2.24) is 19.6 Å². The van der Waals surface area contributed by atoms with Gasteiger partial charge in [-0.2, -0.15) is 23.4 Å². The zero-order chi connectivity index (χ0) is 22.1. The Balaban J connectivity index is 1.61. The van der Waals surface area contributed by atoms with Gasteiger partial charge in [0.25, 0.3) is 0 Å². The molecule has 3 aromatic rings. The molecule has 160 valence electrons. The van der Waals surface area contributed by atoms with Gasteiger partial charge in [-0.1, -0.05) is 40.9 Å². The third kappa shape index (κ3) is 5.47. The highest BCUT2D eigenvalue weighted by Gasteiger charge is 2.34. The predicted molar refractivity (Wildman–Crippen MR) is 108 cm³/mol. The zero-order valence-corrected chi connectivity index (χ0v) is 17.7. The van der Waals surface area contributed by atoms with Crippen LogP contribution >= 0.6 is 34.8 Å². The molecule has 12 heteroatoms. The van der Waals surface area contributed by atoms with Crippen molar-refractivity contribution in [2.24, 2.45) is 0 Å². The monoisotopic (exact) mass is 479 g/mol. The Morgan fingerprint density at radius 2 is 1.87 bits per heavy atom. The number of nitrogens with zero attached hydrogens (tertiary/aromatic N) is 4. The second-order valence-electron chi connectivity index (χ2n) is 6.45. The molecule has 2 aromatic heterocycles. The molecule has 1 amide bonds. The molecule has 0 unspecified atom stereocenters. The van der Waals surface area contributed by atoms with E-state index >= 15 is 0 Å². The van der Waals surface area contributed by atoms with Crippen molar-refractivity contribution in [3.05, 3.63) is 62.5 Å². The summed E-state index contributed by atoms with van der Waals surface area (Å²) in [6, 6.07) is 5.98. The first-order valence-corrected chi connectivity index (χ1v) is 9.74. The van der Waals surface area contributed by atoms with Gasteiger partial charge in [0.05, 0.1) is 6.54 Å². The van der Waals surface area contributed by atoms with E-state index in [-0.39, 0.29) is 23.8 Å². The van der Waals surface area contributed by atoms with Crippen molar-refractivity contribution < 1.29 is 18.0 Å². The molecule has 1 aromatic carbocycles. The van der Waals surface area contributed by atoms with Gasteiger partial charge >= 0.3 is 6.18 Å². The van der Waals surface area contributed by atoms with E-state index in [1.54, 1.807) is 18.2 Å². The highest BCUT2D eigenvalue weighted by atomic mass is 35.5. The molecule has 1 N–H and O–H groups in total. The highest BCUT2D eigenvalue weighted by Crippen LogP contribution is 2.28. The Bertz CT molecular complexity index is 1080. The molecule has 0 aliphatic rings. The largest absolute Gasteiger partial charge is 0.435 e. The molecule has 0 spiro atoms. The number of hydrogen-bond acceptors (Lipinski definition) is 3. The van der Waals surface area contributed by atoms with E-state index in [4.69, 9.17) is 34.8 Å². The molecule has 0 radical (unpaired) electrons. The predicted octanol–water partition coefficient (Wildman–Crippen LogP) is 5.44. The van der Waals surface area contributed by atoms with Gasteiger partial charge in [0.15, 0.2) is 11.5 Å². The summed E-state index contributed by atoms with van der Waals surface area (Å²) < 4.78 is 40.8. The minimum atomic E-state index is -4.54. The number of carbonyl (C=O) groups excluding carboxylic acids is 1. The number of anilines is 1. The molecule has 0 aliphatic heterocycles. The van der Waals surface area contributed by atoms with Gasteiger partial charge in [0, 0.05) is 34.9 Å². The topological polar surface area (TPSA) is 64.7 Å². The number of benzene rings is 1. The van der Waals surface area contributed by atoms with Crippen LogP contribution in [0, 0.1) is 6.92 Å². The molecule has 0 aliphatic carbocycles. The van der Waals surface area contributed by atoms with Gasteiger partial charge in [-0.05, 0) is 30.7 Å². The van der Waals surface area contributed by atoms with Gasteiger partial charge in [-0.3, -0.25) is 14.2 Å². The van der Waals surface area contributed by atoms with Crippen molar-refractivity contribution in [3.8, 4) is 0 Å². The van der Waals surface area contributed by atoms with Gasteiger partial charge in [-0.25, -0.2) is 0 Å². The summed E-state index contributed by atoms with van der Waals surface area (Å²) in [4.78, 5) is 12.2. The Morgan fingerprint density at radius 3 is 2.50 bits per heavy atom. The first kappa shape index (κ1) is 22.5. The van der Waals surface area contributed by atoms with E-state index in [9.17, 15) is 18.0 Å². The van der Waals surface area contributed by atoms with E-state index in [0.717, 1.165) is 16.3 Å². The molecule has 0 atom stereocenters. The summed E-state index contributed by atoms with van der Waals surface area (Å²) in [5.74, 6) is -0.324. The summed E-state index contributed by atoms with van der Waals surface area (Å²) in [7, 11) is 0. The molecular weight excluding hydrogens is 466 g/mol. The fourth-order valence-corrected chi connectivity index (χ4v) is 3.33. The Morgan fingerprint density at radius 1 is 1.13 bits per heavy atom. The summed E-state index contributed by atoms with van der Waals surface area (Å²) in [6.45, 7) is 1.77. The fourth-order valence-electron chi connectivity index (χ4n) is 2.66. The first-order chi connectivity index (χ1) is 14.0. The number of carbonyl (C=O) groups is 1. The van der Waals surface area contributed by atoms with Crippen LogP contribution in [0.3, 0.4) is 0 Å². The van der Waals surface area contributed by atoms with E-state index in [2.05, 4.69) is 15.5 Å². The lowest BCUT2D eigenvalue weighted by Gasteiger charge is -2.06. The van der Waals surface area contributed by atoms with Crippen LogP contribution in [0.5, 0.6) is 0 Å². The number of nitrogens with one attached hydrogen (secondary N) is 1. The average molecular weight is 481 g/mol. The van der Waals surface area contributed by atoms with Crippen molar-refractivity contribution in [2.75, 3.05) is 5.32 Å². The van der Waals surface area contributed by atoms with E-state index < -0.39 is 17.8 Å². The Kier molecular flexibility index (Phi) is 6.64. The standard InChI is InChI=1S/C18H15Cl3F3N5O/c1-10-6-15(18(22,23)24)26-29(10)5-4-16(30)25-17-14(21)9-28(27-17)8-11-2-3-12(19)7-13(11)20/h2-3,6-7,9H,4-5,8H2,1H3,(H,25,27,30). The quantitative estimate of drug-likeness (QED) is 0.511. The van der Waals surface area contributed by atoms with Crippen LogP contribution in [-0.4, -0.2) is 25.5 Å². The normalized spacial score (nSPS) is 11.7. The third-order valence-corrected chi connectivity index (χ3v) is 5.01. The van der Waals surface area contributed by atoms with Gasteiger partial charge in [-0.15, -0.1) is 0 Å². The van der Waals surface area contributed by atoms with Gasteiger partial charge < -0.3 is 5.32 Å². The van der Waals surface area contributed by atoms with Crippen LogP contribution in [0.4, 0.5) is 19.0 Å². The third-order valence-electron chi connectivity index (χ3n) is 4.14. The number of hydrogen-bond donors (Lipinski definition) is 1. The van der Waals surface area contributed by atoms with Crippen LogP contribution in [0.1, 0.15) is 23.4 Å². The smallest absolute Gasteiger partial charge is 0.308 e. The number of rotatable bonds is 6. The lowest BCUT2D eigenvalue weighted by molar-refractivity contribution is -0.141. The second-order valence-corrected chi connectivity index (χ2v) is 7.70. The maximum Gasteiger partial charge on any atom is 0.435 e. The maximum absolute atomic E-state index is 12.7. The SMILES string of the molecule is Cc1cc(C(F)(F)F)nn1CCC(=O)Nc1nn(Cc2ccc(Cl)cc2Cl)cc1Cl. The minimum Gasteiger partial charge on any atom is -0.308 e. The summed E-state index contributed by atoms with van der Waals surface area (Å²) in [5, 5.41) is 11.4. The van der Waals surface area contributed by atoms with Crippen molar-refractivity contribution >= 4 is 46.5 Å². The Labute approximate surface area is 184 Å². The van der Waals surface area contributed by atoms with E-state index in [1.807, 2.05) is 0 Å². The lowest BCUT2D eigenvalue weighted by atomic mass is 10.2. The van der Waals surface area contributed by atoms with Crippen molar-refractivity contribution in [3.63, 3.8) is 0 Å². The fraction of sp³-hybridized carbons (Fsp3) is 0.278. The van der Waals surface area contributed by atoms with Crippen LogP contribution < -0.4 is 5.32 Å². The molecule has 30 heavy (non-hydrogen) atoms. The molecular formula is C18H15Cl3F3N5O. The lowest BCUT2D eigenvalue weighted by Crippen LogP contribution is -2.17. The molecule has 3 rings (SSSR count). The molecule has 0 saturated heterocycles. The van der Waals surface area contributed by atoms with Crippen LogP contribution in [0.25, 0.3) is 0 Å². The van der Waals surface area contributed by atoms with Gasteiger partial charge in [0.1, 0.15) is 5.02 Å². The summed E-state index contributed by atoms with van der Waals surface area (Å²) in [5.41, 5.74) is 0.0630. The van der Waals surface area contributed by atoms with Crippen LogP contribution in [0.2, 0.25) is 15.1 Å². The molecule has 6 nitrogen and oxygen atoms in total. The average Bonchev–Trinajstić information content (AvgIpc) is 3.18. The zero-order valence-electron chi connectivity index (χ0n) is 15.5. The minimum absolute atomic E-state index is 0.0214. The highest BCUT2D eigenvalue weighted by molar-refractivity contribution is 6.35. The number of aryl methyl sites for hydroxylation is 2.